The molecule has 0 spiro atoms. The van der Waals surface area contributed by atoms with Crippen molar-refractivity contribution in [1.29, 1.82) is 0 Å². The first-order valence-electron chi connectivity index (χ1n) is 10.1. The van der Waals surface area contributed by atoms with Crippen LogP contribution in [0.4, 0.5) is 0 Å². The van der Waals surface area contributed by atoms with Crippen molar-refractivity contribution in [2.24, 2.45) is 0 Å². The molecule has 1 aliphatic rings. The molecule has 1 fully saturated rings. The van der Waals surface area contributed by atoms with E-state index >= 15 is 0 Å². The molecular weight excluding hydrogens is 330 g/mol. The van der Waals surface area contributed by atoms with Crippen LogP contribution >= 0.6 is 0 Å². The molecule has 25 heavy (non-hydrogen) atoms. The molecule has 1 aliphatic carbocycles. The van der Waals surface area contributed by atoms with Crippen LogP contribution < -0.4 is 4.72 Å². The summed E-state index contributed by atoms with van der Waals surface area (Å²) in [4.78, 5) is 0.392. The van der Waals surface area contributed by atoms with Gasteiger partial charge in [0.1, 0.15) is 0 Å². The van der Waals surface area contributed by atoms with Gasteiger partial charge in [-0.2, -0.15) is 0 Å². The minimum Gasteiger partial charge on any atom is -0.208 e. The fourth-order valence-electron chi connectivity index (χ4n) is 3.60. The van der Waals surface area contributed by atoms with Crippen molar-refractivity contribution in [3.63, 3.8) is 0 Å². The molecule has 0 heterocycles. The van der Waals surface area contributed by atoms with Gasteiger partial charge < -0.3 is 0 Å². The van der Waals surface area contributed by atoms with Gasteiger partial charge >= 0.3 is 0 Å². The summed E-state index contributed by atoms with van der Waals surface area (Å²) in [5.74, 6) is 0.413. The largest absolute Gasteiger partial charge is 0.240 e. The molecule has 0 radical (unpaired) electrons. The second-order valence-corrected chi connectivity index (χ2v) is 9.52. The molecule has 1 aromatic carbocycles. The van der Waals surface area contributed by atoms with Crippen LogP contribution in [0.3, 0.4) is 0 Å². The lowest BCUT2D eigenvalue weighted by Gasteiger charge is -2.20. The maximum absolute atomic E-state index is 12.7. The molecular formula is C21H35NO2S. The van der Waals surface area contributed by atoms with E-state index in [0.29, 0.717) is 10.8 Å². The highest BCUT2D eigenvalue weighted by molar-refractivity contribution is 7.89. The lowest BCUT2D eigenvalue weighted by Crippen LogP contribution is -2.35. The molecule has 0 saturated heterocycles. The first kappa shape index (κ1) is 20.4. The highest BCUT2D eigenvalue weighted by Gasteiger charge is 2.20. The molecule has 1 N–H and O–H groups in total. The van der Waals surface area contributed by atoms with Crippen molar-refractivity contribution in [3.05, 3.63) is 29.8 Å². The van der Waals surface area contributed by atoms with Gasteiger partial charge in [-0.15, -0.1) is 0 Å². The highest BCUT2D eigenvalue weighted by atomic mass is 32.2. The molecule has 4 heteroatoms. The Morgan fingerprint density at radius 2 is 1.24 bits per heavy atom. The second kappa shape index (κ2) is 10.3. The minimum atomic E-state index is -3.42. The van der Waals surface area contributed by atoms with Gasteiger partial charge in [-0.1, -0.05) is 83.8 Å². The molecule has 2 rings (SSSR count). The number of hydrogen-bond donors (Lipinski definition) is 1. The topological polar surface area (TPSA) is 46.2 Å². The predicted molar refractivity (Wildman–Crippen MR) is 105 cm³/mol. The third kappa shape index (κ3) is 7.10. The van der Waals surface area contributed by atoms with Gasteiger partial charge in [0, 0.05) is 6.04 Å². The number of sulfonamides is 1. The molecule has 142 valence electrons. The standard InChI is InChI=1S/C21H35NO2S/c1-18(2)19-14-16-21(17-15-19)25(23,24)22-20-12-10-8-6-4-3-5-7-9-11-13-20/h14-18,20,22H,3-13H2,1-2H3. The van der Waals surface area contributed by atoms with Gasteiger partial charge in [-0.3, -0.25) is 0 Å². The van der Waals surface area contributed by atoms with E-state index in [4.69, 9.17) is 0 Å². The average Bonchev–Trinajstić information content (AvgIpc) is 2.57. The summed E-state index contributed by atoms with van der Waals surface area (Å²) in [7, 11) is -3.42. The normalized spacial score (nSPS) is 19.3. The molecule has 0 atom stereocenters. The Balaban J connectivity index is 1.99. The summed E-state index contributed by atoms with van der Waals surface area (Å²) in [5.41, 5.74) is 1.17. The monoisotopic (exact) mass is 365 g/mol. The summed E-state index contributed by atoms with van der Waals surface area (Å²) >= 11 is 0. The van der Waals surface area contributed by atoms with Crippen molar-refractivity contribution in [1.82, 2.24) is 4.72 Å². The minimum absolute atomic E-state index is 0.0780. The smallest absolute Gasteiger partial charge is 0.208 e. The summed E-state index contributed by atoms with van der Waals surface area (Å²) in [5, 5.41) is 0. The third-order valence-corrected chi connectivity index (χ3v) is 6.82. The Hall–Kier alpha value is -0.870. The van der Waals surface area contributed by atoms with Crippen LogP contribution in [0, 0.1) is 0 Å². The van der Waals surface area contributed by atoms with E-state index in [1.54, 1.807) is 12.1 Å². The van der Waals surface area contributed by atoms with Crippen molar-refractivity contribution in [3.8, 4) is 0 Å². The van der Waals surface area contributed by atoms with E-state index in [0.717, 1.165) is 25.7 Å². The molecule has 0 bridgehead atoms. The van der Waals surface area contributed by atoms with Crippen molar-refractivity contribution in [2.75, 3.05) is 0 Å². The lowest BCUT2D eigenvalue weighted by molar-refractivity contribution is 0.440. The molecule has 1 saturated carbocycles. The second-order valence-electron chi connectivity index (χ2n) is 7.80. The number of benzene rings is 1. The zero-order valence-electron chi connectivity index (χ0n) is 16.0. The first-order valence-corrected chi connectivity index (χ1v) is 11.6. The van der Waals surface area contributed by atoms with Crippen LogP contribution in [0.15, 0.2) is 29.2 Å². The SMILES string of the molecule is CC(C)c1ccc(S(=O)(=O)NC2CCCCCCCCCCC2)cc1. The molecule has 3 nitrogen and oxygen atoms in total. The van der Waals surface area contributed by atoms with Crippen LogP contribution in [0.25, 0.3) is 0 Å². The van der Waals surface area contributed by atoms with Crippen LogP contribution in [0.2, 0.25) is 0 Å². The van der Waals surface area contributed by atoms with Crippen molar-refractivity contribution in [2.45, 2.75) is 101 Å². The molecule has 0 aliphatic heterocycles. The average molecular weight is 366 g/mol. The first-order chi connectivity index (χ1) is 12.0. The summed E-state index contributed by atoms with van der Waals surface area (Å²) in [6, 6.07) is 7.43. The molecule has 1 aromatic rings. The van der Waals surface area contributed by atoms with Crippen LogP contribution in [0.1, 0.15) is 96.0 Å². The Morgan fingerprint density at radius 3 is 1.68 bits per heavy atom. The maximum atomic E-state index is 12.7. The lowest BCUT2D eigenvalue weighted by atomic mass is 9.98. The van der Waals surface area contributed by atoms with Crippen molar-refractivity contribution >= 4 is 10.0 Å². The maximum Gasteiger partial charge on any atom is 0.240 e. The Bertz CT molecular complexity index is 581. The fourth-order valence-corrected chi connectivity index (χ4v) is 4.91. The van der Waals surface area contributed by atoms with E-state index in [1.165, 1.54) is 50.5 Å². The summed E-state index contributed by atoms with van der Waals surface area (Å²) in [6.07, 6.45) is 13.2. The Labute approximate surface area is 154 Å². The fraction of sp³-hybridized carbons (Fsp3) is 0.714. The van der Waals surface area contributed by atoms with Crippen LogP contribution in [-0.2, 0) is 10.0 Å². The van der Waals surface area contributed by atoms with E-state index in [2.05, 4.69) is 18.6 Å². The van der Waals surface area contributed by atoms with Crippen LogP contribution in [0.5, 0.6) is 0 Å². The number of hydrogen-bond acceptors (Lipinski definition) is 2. The number of nitrogens with one attached hydrogen (secondary N) is 1. The zero-order valence-corrected chi connectivity index (χ0v) is 16.8. The Morgan fingerprint density at radius 1 is 0.800 bits per heavy atom. The van der Waals surface area contributed by atoms with Gasteiger partial charge in [0.15, 0.2) is 0 Å². The van der Waals surface area contributed by atoms with Gasteiger partial charge in [0.05, 0.1) is 4.90 Å². The quantitative estimate of drug-likeness (QED) is 0.737. The highest BCUT2D eigenvalue weighted by Crippen LogP contribution is 2.20. The van der Waals surface area contributed by atoms with Crippen molar-refractivity contribution < 1.29 is 8.42 Å². The van der Waals surface area contributed by atoms with E-state index < -0.39 is 10.0 Å². The zero-order chi connectivity index (χ0) is 18.1. The summed E-state index contributed by atoms with van der Waals surface area (Å²) < 4.78 is 28.5. The van der Waals surface area contributed by atoms with Gasteiger partial charge in [-0.25, -0.2) is 13.1 Å². The molecule has 0 aromatic heterocycles. The van der Waals surface area contributed by atoms with Gasteiger partial charge in [0.25, 0.3) is 0 Å². The summed E-state index contributed by atoms with van der Waals surface area (Å²) in [6.45, 7) is 4.24. The molecule has 0 amide bonds. The third-order valence-electron chi connectivity index (χ3n) is 5.28. The van der Waals surface area contributed by atoms with Gasteiger partial charge in [0.2, 0.25) is 10.0 Å². The van der Waals surface area contributed by atoms with E-state index in [9.17, 15) is 8.42 Å². The molecule has 0 unspecified atom stereocenters. The van der Waals surface area contributed by atoms with E-state index in [-0.39, 0.29) is 6.04 Å². The van der Waals surface area contributed by atoms with Crippen LogP contribution in [-0.4, -0.2) is 14.5 Å². The predicted octanol–water partition coefficient (Wildman–Crippen LogP) is 5.76. The Kier molecular flexibility index (Phi) is 8.44. The number of rotatable bonds is 4. The van der Waals surface area contributed by atoms with Gasteiger partial charge in [-0.05, 0) is 36.5 Å². The van der Waals surface area contributed by atoms with E-state index in [1.807, 2.05) is 12.1 Å².